The van der Waals surface area contributed by atoms with Crippen LogP contribution in [0.2, 0.25) is 0 Å². The second kappa shape index (κ2) is 10.4. The smallest absolute Gasteiger partial charge is 0.411 e. The van der Waals surface area contributed by atoms with E-state index in [1.54, 1.807) is 0 Å². The van der Waals surface area contributed by atoms with Crippen LogP contribution in [-0.2, 0) is 20.9 Å². The third kappa shape index (κ3) is 5.30. The summed E-state index contributed by atoms with van der Waals surface area (Å²) < 4.78 is 47.3. The summed E-state index contributed by atoms with van der Waals surface area (Å²) in [6.45, 7) is -1.08. The maximum atomic E-state index is 14.0. The molecule has 11 heteroatoms. The van der Waals surface area contributed by atoms with Crippen LogP contribution >= 0.6 is 0 Å². The molecule has 5 aliphatic rings. The summed E-state index contributed by atoms with van der Waals surface area (Å²) in [4.78, 5) is 44.0. The molecule has 0 spiro atoms. The highest BCUT2D eigenvalue weighted by Gasteiger charge is 2.58. The molecule has 3 aliphatic carbocycles. The molecule has 2 saturated heterocycles. The molecule has 2 atom stereocenters. The van der Waals surface area contributed by atoms with Crippen molar-refractivity contribution in [1.29, 1.82) is 5.26 Å². The highest BCUT2D eigenvalue weighted by Crippen LogP contribution is 2.56. The van der Waals surface area contributed by atoms with Crippen LogP contribution in [0.15, 0.2) is 30.3 Å². The fraction of sp³-hybridized carbons (Fsp3) is 0.643. The summed E-state index contributed by atoms with van der Waals surface area (Å²) in [5.74, 6) is -3.63. The lowest BCUT2D eigenvalue weighted by Crippen LogP contribution is -2.63. The second-order valence-corrected chi connectivity index (χ2v) is 11.5. The van der Waals surface area contributed by atoms with E-state index in [4.69, 9.17) is 4.74 Å². The molecule has 2 bridgehead atoms. The first kappa shape index (κ1) is 27.3. The van der Waals surface area contributed by atoms with Crippen molar-refractivity contribution in [3.8, 4) is 6.07 Å². The van der Waals surface area contributed by atoms with Crippen LogP contribution in [0, 0.1) is 16.7 Å². The fourth-order valence-corrected chi connectivity index (χ4v) is 6.77. The molecule has 0 N–H and O–H groups in total. The van der Waals surface area contributed by atoms with Crippen molar-refractivity contribution in [2.75, 3.05) is 26.2 Å². The van der Waals surface area contributed by atoms with Crippen LogP contribution in [0.3, 0.4) is 0 Å². The van der Waals surface area contributed by atoms with Crippen molar-refractivity contribution in [1.82, 2.24) is 14.7 Å². The standard InChI is InChI=1S/C28H33F3N4O4/c29-21-14-22(15-32)34(16-21)23(36)17-35(25(38)39-18-20-4-2-1-3-5-20)27-9-6-26(7-10-27,8-11-27)24(37)33-13-12-28(30,31)19-33/h1-5,21-22H,6-14,16-19H2. The van der Waals surface area contributed by atoms with E-state index in [0.717, 1.165) is 5.56 Å². The van der Waals surface area contributed by atoms with Gasteiger partial charge < -0.3 is 14.5 Å². The first-order valence-electron chi connectivity index (χ1n) is 13.6. The Morgan fingerprint density at radius 1 is 1.05 bits per heavy atom. The number of fused-ring (bicyclic) bond motifs is 3. The first-order valence-corrected chi connectivity index (χ1v) is 13.6. The quantitative estimate of drug-likeness (QED) is 0.537. The Labute approximate surface area is 225 Å². The van der Waals surface area contributed by atoms with E-state index < -0.39 is 47.6 Å². The Kier molecular flexibility index (Phi) is 7.25. The van der Waals surface area contributed by atoms with Gasteiger partial charge in [-0.05, 0) is 44.1 Å². The highest BCUT2D eigenvalue weighted by atomic mass is 19.3. The predicted molar refractivity (Wildman–Crippen MR) is 133 cm³/mol. The molecule has 2 unspecified atom stereocenters. The maximum Gasteiger partial charge on any atom is 0.411 e. The minimum Gasteiger partial charge on any atom is -0.445 e. The van der Waals surface area contributed by atoms with Gasteiger partial charge >= 0.3 is 6.09 Å². The number of halogens is 3. The van der Waals surface area contributed by atoms with E-state index in [-0.39, 0.29) is 45.0 Å². The molecule has 3 saturated carbocycles. The van der Waals surface area contributed by atoms with Gasteiger partial charge in [0, 0.05) is 30.3 Å². The molecule has 6 rings (SSSR count). The molecular weight excluding hydrogens is 513 g/mol. The van der Waals surface area contributed by atoms with Crippen molar-refractivity contribution in [3.63, 3.8) is 0 Å². The van der Waals surface area contributed by atoms with Crippen LogP contribution < -0.4 is 0 Å². The number of ether oxygens (including phenoxy) is 1. The van der Waals surface area contributed by atoms with Gasteiger partial charge in [-0.15, -0.1) is 0 Å². The molecule has 1 aromatic carbocycles. The summed E-state index contributed by atoms with van der Waals surface area (Å²) in [5.41, 5.74) is -0.718. The molecule has 39 heavy (non-hydrogen) atoms. The van der Waals surface area contributed by atoms with Crippen molar-refractivity contribution in [3.05, 3.63) is 35.9 Å². The number of carbonyl (C=O) groups is 3. The van der Waals surface area contributed by atoms with Gasteiger partial charge in [-0.3, -0.25) is 14.5 Å². The van der Waals surface area contributed by atoms with Crippen LogP contribution in [0.5, 0.6) is 0 Å². The van der Waals surface area contributed by atoms with E-state index in [2.05, 4.69) is 0 Å². The van der Waals surface area contributed by atoms with Crippen molar-refractivity contribution >= 4 is 17.9 Å². The molecule has 5 fully saturated rings. The van der Waals surface area contributed by atoms with Crippen LogP contribution in [0.1, 0.15) is 56.9 Å². The zero-order valence-electron chi connectivity index (χ0n) is 21.8. The predicted octanol–water partition coefficient (Wildman–Crippen LogP) is 4.05. The Morgan fingerprint density at radius 3 is 2.31 bits per heavy atom. The minimum absolute atomic E-state index is 0.00310. The Bertz CT molecular complexity index is 1130. The minimum atomic E-state index is -2.87. The van der Waals surface area contributed by atoms with Gasteiger partial charge in [0.2, 0.25) is 11.8 Å². The first-order chi connectivity index (χ1) is 18.6. The van der Waals surface area contributed by atoms with Crippen molar-refractivity contribution < 1.29 is 32.3 Å². The molecular formula is C28H33F3N4O4. The lowest BCUT2D eigenvalue weighted by Gasteiger charge is -2.56. The van der Waals surface area contributed by atoms with Gasteiger partial charge in [0.15, 0.2) is 0 Å². The fourth-order valence-electron chi connectivity index (χ4n) is 6.77. The van der Waals surface area contributed by atoms with Gasteiger partial charge in [0.25, 0.3) is 5.92 Å². The van der Waals surface area contributed by atoms with Gasteiger partial charge in [-0.1, -0.05) is 30.3 Å². The Balaban J connectivity index is 1.33. The summed E-state index contributed by atoms with van der Waals surface area (Å²) in [5, 5.41) is 9.41. The highest BCUT2D eigenvalue weighted by molar-refractivity contribution is 5.85. The monoisotopic (exact) mass is 546 g/mol. The average molecular weight is 547 g/mol. The number of nitriles is 1. The summed E-state index contributed by atoms with van der Waals surface area (Å²) in [6.07, 6.45) is 0.137. The van der Waals surface area contributed by atoms with E-state index >= 15 is 0 Å². The number of hydrogen-bond acceptors (Lipinski definition) is 5. The Morgan fingerprint density at radius 2 is 1.72 bits per heavy atom. The number of likely N-dealkylation sites (tertiary alicyclic amines) is 2. The molecule has 0 radical (unpaired) electrons. The molecule has 8 nitrogen and oxygen atoms in total. The number of rotatable bonds is 6. The topological polar surface area (TPSA) is 94.0 Å². The van der Waals surface area contributed by atoms with E-state index in [0.29, 0.717) is 38.5 Å². The lowest BCUT2D eigenvalue weighted by atomic mass is 9.56. The normalized spacial score (nSPS) is 31.1. The summed E-state index contributed by atoms with van der Waals surface area (Å²) >= 11 is 0. The average Bonchev–Trinajstić information content (AvgIpc) is 3.52. The second-order valence-electron chi connectivity index (χ2n) is 11.5. The summed E-state index contributed by atoms with van der Waals surface area (Å²) in [6, 6.07) is 10.2. The summed E-state index contributed by atoms with van der Waals surface area (Å²) in [7, 11) is 0. The van der Waals surface area contributed by atoms with Gasteiger partial charge in [-0.25, -0.2) is 18.0 Å². The number of benzene rings is 1. The number of nitrogens with zero attached hydrogens (tertiary/aromatic N) is 4. The van der Waals surface area contributed by atoms with Crippen molar-refractivity contribution in [2.45, 2.75) is 81.6 Å². The molecule has 3 amide bonds. The number of hydrogen-bond donors (Lipinski definition) is 0. The number of alkyl halides is 3. The SMILES string of the molecule is N#CC1CC(F)CN1C(=O)CN(C(=O)OCc1ccccc1)C12CCC(C(=O)N3CCC(F)(F)C3)(CC1)CC2. The molecule has 210 valence electrons. The zero-order valence-corrected chi connectivity index (χ0v) is 21.8. The largest absolute Gasteiger partial charge is 0.445 e. The maximum absolute atomic E-state index is 14.0. The third-order valence-electron chi connectivity index (χ3n) is 9.13. The lowest BCUT2D eigenvalue weighted by molar-refractivity contribution is -0.154. The zero-order chi connectivity index (χ0) is 27.8. The van der Waals surface area contributed by atoms with Gasteiger partial charge in [0.05, 0.1) is 19.2 Å². The Hall–Kier alpha value is -3.29. The molecule has 2 aliphatic heterocycles. The number of carbonyl (C=O) groups excluding carboxylic acids is 3. The van der Waals surface area contributed by atoms with Crippen LogP contribution in [0.4, 0.5) is 18.0 Å². The molecule has 2 heterocycles. The van der Waals surface area contributed by atoms with E-state index in [1.165, 1.54) is 14.7 Å². The molecule has 0 aromatic heterocycles. The van der Waals surface area contributed by atoms with Gasteiger partial charge in [0.1, 0.15) is 25.4 Å². The van der Waals surface area contributed by atoms with Crippen LogP contribution in [0.25, 0.3) is 0 Å². The third-order valence-corrected chi connectivity index (χ3v) is 9.13. The van der Waals surface area contributed by atoms with Crippen LogP contribution in [-0.4, -0.2) is 82.5 Å². The number of amides is 3. The van der Waals surface area contributed by atoms with Gasteiger partial charge in [-0.2, -0.15) is 5.26 Å². The van der Waals surface area contributed by atoms with Crippen molar-refractivity contribution in [2.24, 2.45) is 5.41 Å². The van der Waals surface area contributed by atoms with E-state index in [9.17, 15) is 32.8 Å². The van der Waals surface area contributed by atoms with E-state index in [1.807, 2.05) is 36.4 Å². The molecule has 1 aromatic rings.